The first-order valence-electron chi connectivity index (χ1n) is 9.87. The third-order valence-electron chi connectivity index (χ3n) is 4.66. The van der Waals surface area contributed by atoms with Crippen LogP contribution in [0.15, 0.2) is 59.1 Å². The number of amides is 1. The van der Waals surface area contributed by atoms with Gasteiger partial charge in [-0.15, -0.1) is 11.3 Å². The van der Waals surface area contributed by atoms with Gasteiger partial charge in [0.2, 0.25) is 17.6 Å². The van der Waals surface area contributed by atoms with E-state index in [0.717, 1.165) is 28.1 Å². The van der Waals surface area contributed by atoms with E-state index in [4.69, 9.17) is 4.52 Å². The van der Waals surface area contributed by atoms with Gasteiger partial charge < -0.3 is 9.84 Å². The summed E-state index contributed by atoms with van der Waals surface area (Å²) in [5.74, 6) is 0.852. The second-order valence-corrected chi connectivity index (χ2v) is 8.02. The predicted octanol–water partition coefficient (Wildman–Crippen LogP) is 5.30. The third kappa shape index (κ3) is 4.63. The van der Waals surface area contributed by atoms with Gasteiger partial charge in [-0.3, -0.25) is 4.79 Å². The molecular weight excluding hydrogens is 396 g/mol. The zero-order valence-corrected chi connectivity index (χ0v) is 17.7. The SMILES string of the molecule is CCc1sc(NC(=O)CCc2nc(-c3ccc(C)cc3)no2)nc1-c1ccccc1. The Morgan fingerprint density at radius 2 is 1.80 bits per heavy atom. The van der Waals surface area contributed by atoms with E-state index < -0.39 is 0 Å². The first-order valence-corrected chi connectivity index (χ1v) is 10.7. The van der Waals surface area contributed by atoms with E-state index in [1.165, 1.54) is 16.9 Å². The molecule has 2 aromatic heterocycles. The van der Waals surface area contributed by atoms with Gasteiger partial charge in [-0.25, -0.2) is 4.98 Å². The van der Waals surface area contributed by atoms with Gasteiger partial charge in [-0.05, 0) is 13.3 Å². The Morgan fingerprint density at radius 3 is 2.53 bits per heavy atom. The Labute approximate surface area is 179 Å². The summed E-state index contributed by atoms with van der Waals surface area (Å²) < 4.78 is 5.29. The Balaban J connectivity index is 1.38. The quantitative estimate of drug-likeness (QED) is 0.440. The molecule has 30 heavy (non-hydrogen) atoms. The van der Waals surface area contributed by atoms with Crippen molar-refractivity contribution in [1.29, 1.82) is 0 Å². The molecule has 0 aliphatic carbocycles. The molecule has 0 unspecified atom stereocenters. The molecule has 152 valence electrons. The minimum Gasteiger partial charge on any atom is -0.339 e. The molecular formula is C23H22N4O2S. The summed E-state index contributed by atoms with van der Waals surface area (Å²) in [6.45, 7) is 4.12. The molecule has 2 aromatic carbocycles. The molecule has 0 spiro atoms. The highest BCUT2D eigenvalue weighted by Gasteiger charge is 2.15. The molecule has 4 rings (SSSR count). The normalized spacial score (nSPS) is 10.9. The van der Waals surface area contributed by atoms with E-state index in [1.54, 1.807) is 0 Å². The molecule has 7 heteroatoms. The molecule has 2 heterocycles. The fourth-order valence-corrected chi connectivity index (χ4v) is 3.98. The number of carbonyl (C=O) groups is 1. The van der Waals surface area contributed by atoms with Crippen molar-refractivity contribution in [2.75, 3.05) is 5.32 Å². The summed E-state index contributed by atoms with van der Waals surface area (Å²) in [6, 6.07) is 17.9. The molecule has 0 radical (unpaired) electrons. The summed E-state index contributed by atoms with van der Waals surface area (Å²) in [5, 5.41) is 7.52. The third-order valence-corrected chi connectivity index (χ3v) is 5.77. The van der Waals surface area contributed by atoms with Crippen LogP contribution < -0.4 is 5.32 Å². The van der Waals surface area contributed by atoms with E-state index in [2.05, 4.69) is 27.4 Å². The molecule has 0 bridgehead atoms. The van der Waals surface area contributed by atoms with E-state index in [-0.39, 0.29) is 12.3 Å². The highest BCUT2D eigenvalue weighted by Crippen LogP contribution is 2.31. The maximum absolute atomic E-state index is 12.4. The van der Waals surface area contributed by atoms with Crippen molar-refractivity contribution >= 4 is 22.4 Å². The molecule has 0 aliphatic heterocycles. The summed E-state index contributed by atoms with van der Waals surface area (Å²) >= 11 is 1.51. The van der Waals surface area contributed by atoms with Crippen LogP contribution >= 0.6 is 11.3 Å². The maximum atomic E-state index is 12.4. The van der Waals surface area contributed by atoms with Gasteiger partial charge >= 0.3 is 0 Å². The van der Waals surface area contributed by atoms with Gasteiger partial charge in [0.1, 0.15) is 0 Å². The van der Waals surface area contributed by atoms with Crippen LogP contribution in [0.5, 0.6) is 0 Å². The summed E-state index contributed by atoms with van der Waals surface area (Å²) in [6.07, 6.45) is 1.49. The zero-order valence-electron chi connectivity index (χ0n) is 16.9. The fraction of sp³-hybridized carbons (Fsp3) is 0.217. The molecule has 4 aromatic rings. The Morgan fingerprint density at radius 1 is 1.03 bits per heavy atom. The van der Waals surface area contributed by atoms with Crippen LogP contribution in [0.1, 0.15) is 29.7 Å². The first kappa shape index (κ1) is 20.0. The molecule has 0 saturated carbocycles. The van der Waals surface area contributed by atoms with Crippen LogP contribution in [0.4, 0.5) is 5.13 Å². The van der Waals surface area contributed by atoms with Crippen molar-refractivity contribution in [3.8, 4) is 22.6 Å². The summed E-state index contributed by atoms with van der Waals surface area (Å²) in [4.78, 5) is 22.6. The van der Waals surface area contributed by atoms with Gasteiger partial charge in [0.15, 0.2) is 5.13 Å². The molecule has 0 fully saturated rings. The number of hydrogen-bond donors (Lipinski definition) is 1. The Kier molecular flexibility index (Phi) is 5.99. The van der Waals surface area contributed by atoms with Crippen molar-refractivity contribution < 1.29 is 9.32 Å². The lowest BCUT2D eigenvalue weighted by atomic mass is 10.1. The number of aromatic nitrogens is 3. The van der Waals surface area contributed by atoms with Crippen molar-refractivity contribution in [1.82, 2.24) is 15.1 Å². The molecule has 1 N–H and O–H groups in total. The average Bonchev–Trinajstić information content (AvgIpc) is 3.40. The van der Waals surface area contributed by atoms with Crippen LogP contribution in [-0.4, -0.2) is 21.0 Å². The molecule has 1 amide bonds. The van der Waals surface area contributed by atoms with Crippen molar-refractivity contribution in [2.24, 2.45) is 0 Å². The smallest absolute Gasteiger partial charge is 0.227 e. The number of aryl methyl sites for hydroxylation is 3. The second-order valence-electron chi connectivity index (χ2n) is 6.94. The van der Waals surface area contributed by atoms with Crippen molar-refractivity contribution in [3.63, 3.8) is 0 Å². The highest BCUT2D eigenvalue weighted by molar-refractivity contribution is 7.16. The van der Waals surface area contributed by atoms with Crippen LogP contribution in [0.25, 0.3) is 22.6 Å². The van der Waals surface area contributed by atoms with Crippen LogP contribution in [0.2, 0.25) is 0 Å². The van der Waals surface area contributed by atoms with Crippen LogP contribution in [-0.2, 0) is 17.6 Å². The van der Waals surface area contributed by atoms with E-state index in [1.807, 2.05) is 61.5 Å². The number of thiazole rings is 1. The minimum absolute atomic E-state index is 0.124. The number of nitrogens with zero attached hydrogens (tertiary/aromatic N) is 3. The minimum atomic E-state index is -0.124. The lowest BCUT2D eigenvalue weighted by Gasteiger charge is -1.99. The number of benzene rings is 2. The average molecular weight is 419 g/mol. The molecule has 0 atom stereocenters. The van der Waals surface area contributed by atoms with E-state index >= 15 is 0 Å². The molecule has 6 nitrogen and oxygen atoms in total. The largest absolute Gasteiger partial charge is 0.339 e. The second kappa shape index (κ2) is 9.00. The standard InChI is InChI=1S/C23H22N4O2S/c1-3-18-21(16-7-5-4-6-8-16)26-23(30-18)24-19(28)13-14-20-25-22(27-29-20)17-11-9-15(2)10-12-17/h4-12H,3,13-14H2,1-2H3,(H,24,26,28). The zero-order chi connectivity index (χ0) is 20.9. The number of carbonyl (C=O) groups excluding carboxylic acids is 1. The maximum Gasteiger partial charge on any atom is 0.227 e. The first-order chi connectivity index (χ1) is 14.6. The van der Waals surface area contributed by atoms with E-state index in [0.29, 0.717) is 23.3 Å². The number of hydrogen-bond acceptors (Lipinski definition) is 6. The monoisotopic (exact) mass is 418 g/mol. The fourth-order valence-electron chi connectivity index (χ4n) is 3.04. The van der Waals surface area contributed by atoms with Gasteiger partial charge in [-0.2, -0.15) is 4.98 Å². The van der Waals surface area contributed by atoms with Crippen molar-refractivity contribution in [3.05, 3.63) is 70.9 Å². The number of rotatable bonds is 7. The van der Waals surface area contributed by atoms with Gasteiger partial charge in [-0.1, -0.05) is 72.2 Å². The molecule has 0 aliphatic rings. The Hall–Kier alpha value is -3.32. The van der Waals surface area contributed by atoms with Crippen LogP contribution in [0, 0.1) is 6.92 Å². The highest BCUT2D eigenvalue weighted by atomic mass is 32.1. The van der Waals surface area contributed by atoms with Crippen molar-refractivity contribution in [2.45, 2.75) is 33.1 Å². The number of anilines is 1. The van der Waals surface area contributed by atoms with Gasteiger partial charge in [0, 0.05) is 28.8 Å². The van der Waals surface area contributed by atoms with Gasteiger partial charge in [0.25, 0.3) is 0 Å². The van der Waals surface area contributed by atoms with Gasteiger partial charge in [0.05, 0.1) is 5.69 Å². The lowest BCUT2D eigenvalue weighted by Crippen LogP contribution is -2.12. The predicted molar refractivity (Wildman–Crippen MR) is 118 cm³/mol. The topological polar surface area (TPSA) is 80.9 Å². The lowest BCUT2D eigenvalue weighted by molar-refractivity contribution is -0.116. The number of nitrogens with one attached hydrogen (secondary N) is 1. The van der Waals surface area contributed by atoms with Crippen LogP contribution in [0.3, 0.4) is 0 Å². The molecule has 0 saturated heterocycles. The Bertz CT molecular complexity index is 1130. The summed E-state index contributed by atoms with van der Waals surface area (Å²) in [7, 11) is 0. The summed E-state index contributed by atoms with van der Waals surface area (Å²) in [5.41, 5.74) is 4.05. The van der Waals surface area contributed by atoms with E-state index in [9.17, 15) is 4.79 Å².